The van der Waals surface area contributed by atoms with E-state index < -0.39 is 0 Å². The number of carbonyl (C=O) groups excluding carboxylic acids is 1. The highest BCUT2D eigenvalue weighted by molar-refractivity contribution is 5.74. The Balaban J connectivity index is 1.79. The molecule has 0 bridgehead atoms. The van der Waals surface area contributed by atoms with Crippen LogP contribution < -0.4 is 15.4 Å². The number of hydrogen-bond donors (Lipinski definition) is 2. The summed E-state index contributed by atoms with van der Waals surface area (Å²) in [7, 11) is 1.66. The van der Waals surface area contributed by atoms with E-state index in [1.165, 1.54) is 0 Å². The highest BCUT2D eigenvalue weighted by Gasteiger charge is 2.22. The van der Waals surface area contributed by atoms with Crippen LogP contribution in [-0.4, -0.2) is 63.0 Å². The van der Waals surface area contributed by atoms with Gasteiger partial charge in [-0.25, -0.2) is 4.79 Å². The fourth-order valence-electron chi connectivity index (χ4n) is 3.54. The molecule has 0 spiro atoms. The van der Waals surface area contributed by atoms with Gasteiger partial charge in [0.1, 0.15) is 5.75 Å². The van der Waals surface area contributed by atoms with Crippen molar-refractivity contribution in [1.82, 2.24) is 15.5 Å². The standard InChI is InChI=1S/C21H35N3O3/c1-16(2)12-19(24-8-10-27-11-9-24)15-22-21(25)23-17(3)13-18-6-5-7-20(14-18)26-4/h5-7,14,16-17,19H,8-13,15H2,1-4H3,(H2,22,23,25). The normalized spacial score (nSPS) is 17.4. The summed E-state index contributed by atoms with van der Waals surface area (Å²) in [5, 5.41) is 6.11. The number of rotatable bonds is 9. The molecule has 0 aromatic heterocycles. The monoisotopic (exact) mass is 377 g/mol. The van der Waals surface area contributed by atoms with Gasteiger partial charge in [0.25, 0.3) is 0 Å². The van der Waals surface area contributed by atoms with Gasteiger partial charge in [-0.1, -0.05) is 26.0 Å². The summed E-state index contributed by atoms with van der Waals surface area (Å²) < 4.78 is 10.7. The molecule has 27 heavy (non-hydrogen) atoms. The molecule has 6 heteroatoms. The summed E-state index contributed by atoms with van der Waals surface area (Å²) in [6.07, 6.45) is 1.84. The van der Waals surface area contributed by atoms with Crippen LogP contribution in [0.25, 0.3) is 0 Å². The molecule has 1 heterocycles. The molecule has 2 N–H and O–H groups in total. The van der Waals surface area contributed by atoms with Crippen molar-refractivity contribution in [2.75, 3.05) is 40.0 Å². The quantitative estimate of drug-likeness (QED) is 0.695. The third-order valence-electron chi connectivity index (χ3n) is 4.86. The zero-order valence-corrected chi connectivity index (χ0v) is 17.2. The molecule has 6 nitrogen and oxygen atoms in total. The van der Waals surface area contributed by atoms with Crippen LogP contribution in [-0.2, 0) is 11.2 Å². The number of carbonyl (C=O) groups is 1. The van der Waals surface area contributed by atoms with Crippen molar-refractivity contribution in [3.8, 4) is 5.75 Å². The van der Waals surface area contributed by atoms with E-state index in [4.69, 9.17) is 9.47 Å². The average molecular weight is 378 g/mol. The van der Waals surface area contributed by atoms with Crippen molar-refractivity contribution < 1.29 is 14.3 Å². The van der Waals surface area contributed by atoms with Crippen molar-refractivity contribution in [2.45, 2.75) is 45.7 Å². The van der Waals surface area contributed by atoms with Gasteiger partial charge < -0.3 is 20.1 Å². The molecule has 152 valence electrons. The fraction of sp³-hybridized carbons (Fsp3) is 0.667. The Morgan fingerprint density at radius 2 is 2.00 bits per heavy atom. The van der Waals surface area contributed by atoms with E-state index in [0.717, 1.165) is 50.5 Å². The maximum Gasteiger partial charge on any atom is 0.315 e. The number of morpholine rings is 1. The Morgan fingerprint density at radius 1 is 1.26 bits per heavy atom. The number of nitrogens with one attached hydrogen (secondary N) is 2. The van der Waals surface area contributed by atoms with E-state index in [0.29, 0.717) is 18.5 Å². The molecule has 1 fully saturated rings. The van der Waals surface area contributed by atoms with Crippen molar-refractivity contribution in [2.24, 2.45) is 5.92 Å². The first-order chi connectivity index (χ1) is 13.0. The summed E-state index contributed by atoms with van der Waals surface area (Å²) >= 11 is 0. The first-order valence-electron chi connectivity index (χ1n) is 9.97. The molecule has 1 aromatic carbocycles. The van der Waals surface area contributed by atoms with Gasteiger partial charge in [0.2, 0.25) is 0 Å². The highest BCUT2D eigenvalue weighted by Crippen LogP contribution is 2.14. The summed E-state index contributed by atoms with van der Waals surface area (Å²) in [6.45, 7) is 10.6. The average Bonchev–Trinajstić information content (AvgIpc) is 2.65. The Bertz CT molecular complexity index is 574. The molecular weight excluding hydrogens is 342 g/mol. The second kappa shape index (κ2) is 11.1. The SMILES string of the molecule is COc1cccc(CC(C)NC(=O)NCC(CC(C)C)N2CCOCC2)c1. The molecule has 0 saturated carbocycles. The number of nitrogens with zero attached hydrogens (tertiary/aromatic N) is 1. The number of ether oxygens (including phenoxy) is 2. The number of benzene rings is 1. The molecule has 2 rings (SSSR count). The Labute approximate surface area is 163 Å². The van der Waals surface area contributed by atoms with Crippen LogP contribution in [0, 0.1) is 5.92 Å². The minimum absolute atomic E-state index is 0.0454. The van der Waals surface area contributed by atoms with E-state index >= 15 is 0 Å². The fourth-order valence-corrected chi connectivity index (χ4v) is 3.54. The van der Waals surface area contributed by atoms with Crippen LogP contribution in [0.5, 0.6) is 5.75 Å². The van der Waals surface area contributed by atoms with Crippen LogP contribution in [0.2, 0.25) is 0 Å². The first kappa shape index (κ1) is 21.5. The lowest BCUT2D eigenvalue weighted by molar-refractivity contribution is 0.0129. The van der Waals surface area contributed by atoms with Gasteiger partial charge in [0.05, 0.1) is 20.3 Å². The van der Waals surface area contributed by atoms with Gasteiger partial charge in [0.15, 0.2) is 0 Å². The minimum atomic E-state index is -0.104. The van der Waals surface area contributed by atoms with E-state index in [1.807, 2.05) is 25.1 Å². The second-order valence-corrected chi connectivity index (χ2v) is 7.74. The van der Waals surface area contributed by atoms with Crippen LogP contribution in [0.4, 0.5) is 4.79 Å². The molecule has 0 aliphatic carbocycles. The molecule has 0 radical (unpaired) electrons. The van der Waals surface area contributed by atoms with Gasteiger partial charge in [-0.3, -0.25) is 4.90 Å². The lowest BCUT2D eigenvalue weighted by atomic mass is 10.0. The number of urea groups is 1. The predicted octanol–water partition coefficient (Wildman–Crippen LogP) is 2.67. The van der Waals surface area contributed by atoms with E-state index in [-0.39, 0.29) is 12.1 Å². The topological polar surface area (TPSA) is 62.8 Å². The second-order valence-electron chi connectivity index (χ2n) is 7.74. The van der Waals surface area contributed by atoms with Crippen LogP contribution in [0.15, 0.2) is 24.3 Å². The Morgan fingerprint density at radius 3 is 2.67 bits per heavy atom. The van der Waals surface area contributed by atoms with Crippen molar-refractivity contribution in [3.05, 3.63) is 29.8 Å². The maximum atomic E-state index is 12.3. The van der Waals surface area contributed by atoms with Gasteiger partial charge >= 0.3 is 6.03 Å². The van der Waals surface area contributed by atoms with Crippen LogP contribution in [0.3, 0.4) is 0 Å². The van der Waals surface area contributed by atoms with E-state index in [1.54, 1.807) is 7.11 Å². The van der Waals surface area contributed by atoms with Crippen molar-refractivity contribution in [3.63, 3.8) is 0 Å². The summed E-state index contributed by atoms with van der Waals surface area (Å²) in [5.41, 5.74) is 1.15. The van der Waals surface area contributed by atoms with Gasteiger partial charge in [0, 0.05) is 31.7 Å². The molecule has 1 saturated heterocycles. The number of methoxy groups -OCH3 is 1. The largest absolute Gasteiger partial charge is 0.497 e. The third kappa shape index (κ3) is 7.77. The van der Waals surface area contributed by atoms with Crippen molar-refractivity contribution in [1.29, 1.82) is 0 Å². The zero-order valence-electron chi connectivity index (χ0n) is 17.2. The summed E-state index contributed by atoms with van der Waals surface area (Å²) in [6, 6.07) is 8.25. The maximum absolute atomic E-state index is 12.3. The van der Waals surface area contributed by atoms with Gasteiger partial charge in [-0.15, -0.1) is 0 Å². The molecule has 2 unspecified atom stereocenters. The predicted molar refractivity (Wildman–Crippen MR) is 108 cm³/mol. The molecular formula is C21H35N3O3. The van der Waals surface area contributed by atoms with Crippen LogP contribution >= 0.6 is 0 Å². The number of hydrogen-bond acceptors (Lipinski definition) is 4. The minimum Gasteiger partial charge on any atom is -0.497 e. The Hall–Kier alpha value is -1.79. The first-order valence-corrected chi connectivity index (χ1v) is 9.97. The highest BCUT2D eigenvalue weighted by atomic mass is 16.5. The summed E-state index contributed by atoms with van der Waals surface area (Å²) in [5.74, 6) is 1.43. The van der Waals surface area contributed by atoms with Gasteiger partial charge in [-0.2, -0.15) is 0 Å². The lowest BCUT2D eigenvalue weighted by Crippen LogP contribution is -2.51. The third-order valence-corrected chi connectivity index (χ3v) is 4.86. The van der Waals surface area contributed by atoms with Crippen LogP contribution in [0.1, 0.15) is 32.8 Å². The molecule has 2 amide bonds. The van der Waals surface area contributed by atoms with E-state index in [2.05, 4.69) is 35.4 Å². The number of amides is 2. The van der Waals surface area contributed by atoms with Gasteiger partial charge in [-0.05, 0) is 43.4 Å². The van der Waals surface area contributed by atoms with Crippen molar-refractivity contribution >= 4 is 6.03 Å². The zero-order chi connectivity index (χ0) is 19.6. The lowest BCUT2D eigenvalue weighted by Gasteiger charge is -2.35. The van der Waals surface area contributed by atoms with E-state index in [9.17, 15) is 4.79 Å². The molecule has 1 aliphatic rings. The summed E-state index contributed by atoms with van der Waals surface area (Å²) in [4.78, 5) is 14.8. The molecule has 1 aromatic rings. The molecule has 2 atom stereocenters. The Kier molecular flexibility index (Phi) is 8.88. The smallest absolute Gasteiger partial charge is 0.315 e. The molecule has 1 aliphatic heterocycles.